The minimum Gasteiger partial charge on any atom is -0.298 e. The van der Waals surface area contributed by atoms with Gasteiger partial charge in [-0.15, -0.1) is 0 Å². The third-order valence-corrected chi connectivity index (χ3v) is 5.13. The molecule has 1 aromatic heterocycles. The molecular formula is C15H10ClIN2OS. The molecule has 0 aliphatic heterocycles. The zero-order valence-corrected chi connectivity index (χ0v) is 14.7. The second-order valence-corrected chi connectivity index (χ2v) is 7.15. The van der Waals surface area contributed by atoms with Crippen molar-refractivity contribution in [1.29, 1.82) is 0 Å². The van der Waals surface area contributed by atoms with Gasteiger partial charge in [0.15, 0.2) is 5.13 Å². The Morgan fingerprint density at radius 1 is 1.33 bits per heavy atom. The van der Waals surface area contributed by atoms with Crippen LogP contribution in [-0.4, -0.2) is 10.9 Å². The van der Waals surface area contributed by atoms with E-state index < -0.39 is 0 Å². The minimum absolute atomic E-state index is 0.196. The number of aromatic nitrogens is 1. The maximum Gasteiger partial charge on any atom is 0.258 e. The molecule has 3 rings (SSSR count). The van der Waals surface area contributed by atoms with E-state index in [-0.39, 0.29) is 5.91 Å². The van der Waals surface area contributed by atoms with E-state index in [2.05, 4.69) is 32.9 Å². The molecule has 0 aliphatic carbocycles. The zero-order valence-electron chi connectivity index (χ0n) is 11.0. The van der Waals surface area contributed by atoms with E-state index >= 15 is 0 Å². The van der Waals surface area contributed by atoms with E-state index in [4.69, 9.17) is 11.6 Å². The smallest absolute Gasteiger partial charge is 0.258 e. The van der Waals surface area contributed by atoms with Gasteiger partial charge in [0.1, 0.15) is 0 Å². The van der Waals surface area contributed by atoms with Crippen LogP contribution >= 0.6 is 45.5 Å². The van der Waals surface area contributed by atoms with Crippen molar-refractivity contribution in [3.63, 3.8) is 0 Å². The molecule has 1 N–H and O–H groups in total. The molecule has 0 spiro atoms. The van der Waals surface area contributed by atoms with E-state index in [9.17, 15) is 4.79 Å². The third kappa shape index (κ3) is 3.04. The Hall–Kier alpha value is -1.18. The lowest BCUT2D eigenvalue weighted by Gasteiger charge is -2.04. The van der Waals surface area contributed by atoms with Crippen molar-refractivity contribution >= 4 is 66.8 Å². The first-order valence-electron chi connectivity index (χ1n) is 6.17. The molecule has 0 aliphatic rings. The Balaban J connectivity index is 1.93. The second kappa shape index (κ2) is 5.90. The summed E-state index contributed by atoms with van der Waals surface area (Å²) >= 11 is 9.54. The molecule has 2 aromatic carbocycles. The fourth-order valence-electron chi connectivity index (χ4n) is 1.98. The lowest BCUT2D eigenvalue weighted by atomic mass is 10.2. The van der Waals surface area contributed by atoms with Crippen LogP contribution < -0.4 is 5.32 Å². The first kappa shape index (κ1) is 14.7. The molecule has 3 aromatic rings. The molecule has 0 bridgehead atoms. The summed E-state index contributed by atoms with van der Waals surface area (Å²) < 4.78 is 1.91. The lowest BCUT2D eigenvalue weighted by molar-refractivity contribution is 0.102. The highest BCUT2D eigenvalue weighted by molar-refractivity contribution is 14.1. The van der Waals surface area contributed by atoms with Crippen LogP contribution in [0.25, 0.3) is 10.2 Å². The number of thiazole rings is 1. The molecule has 1 amide bonds. The summed E-state index contributed by atoms with van der Waals surface area (Å²) in [7, 11) is 0. The number of para-hydroxylation sites is 1. The molecule has 0 radical (unpaired) electrons. The monoisotopic (exact) mass is 428 g/mol. The van der Waals surface area contributed by atoms with Crippen molar-refractivity contribution in [2.24, 2.45) is 0 Å². The Morgan fingerprint density at radius 3 is 2.90 bits per heavy atom. The largest absolute Gasteiger partial charge is 0.298 e. The van der Waals surface area contributed by atoms with Gasteiger partial charge in [-0.3, -0.25) is 10.1 Å². The summed E-state index contributed by atoms with van der Waals surface area (Å²) in [5.41, 5.74) is 2.58. The highest BCUT2D eigenvalue weighted by Crippen LogP contribution is 2.28. The van der Waals surface area contributed by atoms with Crippen molar-refractivity contribution < 1.29 is 4.79 Å². The van der Waals surface area contributed by atoms with Gasteiger partial charge in [0, 0.05) is 8.59 Å². The summed E-state index contributed by atoms with van der Waals surface area (Å²) in [5, 5.41) is 3.99. The summed E-state index contributed by atoms with van der Waals surface area (Å²) in [6, 6.07) is 11.2. The van der Waals surface area contributed by atoms with Gasteiger partial charge in [0.25, 0.3) is 5.91 Å². The standard InChI is InChI=1S/C15H10ClIN2OS/c1-8-3-2-4-12-13(8)18-15(21-12)19-14(20)10-7-9(16)5-6-11(10)17/h2-7H,1H3,(H,18,19,20). The van der Waals surface area contributed by atoms with Crippen molar-refractivity contribution in [3.05, 3.63) is 56.1 Å². The highest BCUT2D eigenvalue weighted by atomic mass is 127. The van der Waals surface area contributed by atoms with Gasteiger partial charge in [0.05, 0.1) is 15.8 Å². The van der Waals surface area contributed by atoms with E-state index in [1.165, 1.54) is 11.3 Å². The van der Waals surface area contributed by atoms with Crippen LogP contribution in [0.5, 0.6) is 0 Å². The molecular weight excluding hydrogens is 419 g/mol. The number of nitrogens with zero attached hydrogens (tertiary/aromatic N) is 1. The van der Waals surface area contributed by atoms with E-state index in [1.807, 2.05) is 31.2 Å². The molecule has 6 heteroatoms. The summed E-state index contributed by atoms with van der Waals surface area (Å²) in [6.45, 7) is 2.01. The van der Waals surface area contributed by atoms with Gasteiger partial charge in [-0.1, -0.05) is 35.1 Å². The Labute approximate surface area is 144 Å². The van der Waals surface area contributed by atoms with Crippen LogP contribution in [-0.2, 0) is 0 Å². The highest BCUT2D eigenvalue weighted by Gasteiger charge is 2.13. The summed E-state index contributed by atoms with van der Waals surface area (Å²) in [6.07, 6.45) is 0. The number of carbonyl (C=O) groups is 1. The number of hydrogen-bond acceptors (Lipinski definition) is 3. The van der Waals surface area contributed by atoms with Crippen molar-refractivity contribution in [2.45, 2.75) is 6.92 Å². The number of carbonyl (C=O) groups excluding carboxylic acids is 1. The number of hydrogen-bond donors (Lipinski definition) is 1. The number of halogens is 2. The zero-order chi connectivity index (χ0) is 15.0. The number of amides is 1. The average Bonchev–Trinajstić information content (AvgIpc) is 2.85. The van der Waals surface area contributed by atoms with Gasteiger partial charge < -0.3 is 0 Å². The first-order chi connectivity index (χ1) is 10.0. The van der Waals surface area contributed by atoms with Crippen LogP contribution in [0.4, 0.5) is 5.13 Å². The van der Waals surface area contributed by atoms with Gasteiger partial charge >= 0.3 is 0 Å². The number of fused-ring (bicyclic) bond motifs is 1. The van der Waals surface area contributed by atoms with Crippen LogP contribution in [0.2, 0.25) is 5.02 Å². The average molecular weight is 429 g/mol. The van der Waals surface area contributed by atoms with Crippen LogP contribution in [0, 0.1) is 10.5 Å². The van der Waals surface area contributed by atoms with Gasteiger partial charge in [-0.2, -0.15) is 0 Å². The second-order valence-electron chi connectivity index (χ2n) is 4.52. The van der Waals surface area contributed by atoms with Gasteiger partial charge in [-0.05, 0) is 59.3 Å². The fourth-order valence-corrected chi connectivity index (χ4v) is 3.67. The normalized spacial score (nSPS) is 10.8. The van der Waals surface area contributed by atoms with Crippen LogP contribution in [0.1, 0.15) is 15.9 Å². The first-order valence-corrected chi connectivity index (χ1v) is 8.44. The van der Waals surface area contributed by atoms with E-state index in [0.717, 1.165) is 19.4 Å². The maximum atomic E-state index is 12.3. The van der Waals surface area contributed by atoms with Crippen molar-refractivity contribution in [3.8, 4) is 0 Å². The van der Waals surface area contributed by atoms with Gasteiger partial charge in [0.2, 0.25) is 0 Å². The van der Waals surface area contributed by atoms with E-state index in [0.29, 0.717) is 15.7 Å². The predicted octanol–water partition coefficient (Wildman–Crippen LogP) is 5.12. The van der Waals surface area contributed by atoms with Crippen LogP contribution in [0.15, 0.2) is 36.4 Å². The molecule has 106 valence electrons. The lowest BCUT2D eigenvalue weighted by Crippen LogP contribution is -2.13. The summed E-state index contributed by atoms with van der Waals surface area (Å²) in [5.74, 6) is -0.196. The Kier molecular flexibility index (Phi) is 4.14. The molecule has 0 saturated heterocycles. The van der Waals surface area contributed by atoms with Crippen molar-refractivity contribution in [2.75, 3.05) is 5.32 Å². The molecule has 0 saturated carbocycles. The van der Waals surface area contributed by atoms with E-state index in [1.54, 1.807) is 12.1 Å². The molecule has 0 fully saturated rings. The molecule has 3 nitrogen and oxygen atoms in total. The molecule has 0 unspecified atom stereocenters. The molecule has 0 atom stereocenters. The Morgan fingerprint density at radius 2 is 2.14 bits per heavy atom. The molecule has 1 heterocycles. The fraction of sp³-hybridized carbons (Fsp3) is 0.0667. The molecule has 21 heavy (non-hydrogen) atoms. The maximum absolute atomic E-state index is 12.3. The number of benzene rings is 2. The number of nitrogens with one attached hydrogen (secondary N) is 1. The third-order valence-electron chi connectivity index (χ3n) is 3.01. The summed E-state index contributed by atoms with van der Waals surface area (Å²) in [4.78, 5) is 16.8. The number of rotatable bonds is 2. The minimum atomic E-state index is -0.196. The quantitative estimate of drug-likeness (QED) is 0.576. The van der Waals surface area contributed by atoms with Crippen molar-refractivity contribution in [1.82, 2.24) is 4.98 Å². The predicted molar refractivity (Wildman–Crippen MR) is 96.5 cm³/mol. The topological polar surface area (TPSA) is 42.0 Å². The SMILES string of the molecule is Cc1cccc2sc(NC(=O)c3cc(Cl)ccc3I)nc12. The van der Waals surface area contributed by atoms with Gasteiger partial charge in [-0.25, -0.2) is 4.98 Å². The number of anilines is 1. The van der Waals surface area contributed by atoms with Crippen LogP contribution in [0.3, 0.4) is 0 Å². The Bertz CT molecular complexity index is 847. The number of aryl methyl sites for hydroxylation is 1.